The first kappa shape index (κ1) is 13.9. The van der Waals surface area contributed by atoms with E-state index in [4.69, 9.17) is 4.74 Å². The van der Waals surface area contributed by atoms with Crippen LogP contribution in [0.2, 0.25) is 0 Å². The number of carboxylic acid groups (broad SMARTS) is 1. The standard InChI is InChI=1S/C15H21NO3/c1-16-10-3-8-15(9-11-16,14(17)18)12-4-6-13(19-2)7-5-12/h4-7H,3,8-11H2,1-2H3,(H,17,18). The van der Waals surface area contributed by atoms with Crippen LogP contribution in [0, 0.1) is 0 Å². The fourth-order valence-electron chi connectivity index (χ4n) is 2.81. The van der Waals surface area contributed by atoms with Gasteiger partial charge in [-0.2, -0.15) is 0 Å². The van der Waals surface area contributed by atoms with Gasteiger partial charge in [0.1, 0.15) is 5.75 Å². The van der Waals surface area contributed by atoms with Gasteiger partial charge < -0.3 is 14.7 Å². The van der Waals surface area contributed by atoms with E-state index in [0.29, 0.717) is 12.8 Å². The van der Waals surface area contributed by atoms with Gasteiger partial charge in [-0.15, -0.1) is 0 Å². The van der Waals surface area contributed by atoms with E-state index in [1.165, 1.54) is 0 Å². The van der Waals surface area contributed by atoms with Crippen LogP contribution in [0.5, 0.6) is 5.75 Å². The summed E-state index contributed by atoms with van der Waals surface area (Å²) < 4.78 is 5.14. The monoisotopic (exact) mass is 263 g/mol. The Hall–Kier alpha value is -1.55. The van der Waals surface area contributed by atoms with Crippen molar-refractivity contribution >= 4 is 5.97 Å². The second kappa shape index (κ2) is 5.61. The van der Waals surface area contributed by atoms with Gasteiger partial charge in [0.05, 0.1) is 12.5 Å². The van der Waals surface area contributed by atoms with Crippen molar-refractivity contribution in [1.29, 1.82) is 0 Å². The number of nitrogens with zero attached hydrogens (tertiary/aromatic N) is 1. The Kier molecular flexibility index (Phi) is 4.10. The number of aliphatic carboxylic acids is 1. The first-order chi connectivity index (χ1) is 9.08. The lowest BCUT2D eigenvalue weighted by molar-refractivity contribution is -0.144. The molecule has 1 atom stereocenters. The predicted octanol–water partition coefficient (Wildman–Crippen LogP) is 2.13. The highest BCUT2D eigenvalue weighted by atomic mass is 16.5. The van der Waals surface area contributed by atoms with E-state index >= 15 is 0 Å². The molecule has 0 aliphatic carbocycles. The highest BCUT2D eigenvalue weighted by Gasteiger charge is 2.41. The molecular weight excluding hydrogens is 242 g/mol. The number of carbonyl (C=O) groups is 1. The molecule has 0 spiro atoms. The number of hydrogen-bond donors (Lipinski definition) is 1. The van der Waals surface area contributed by atoms with Crippen LogP contribution in [-0.4, -0.2) is 43.2 Å². The Morgan fingerprint density at radius 2 is 1.95 bits per heavy atom. The minimum atomic E-state index is -0.753. The molecule has 0 aromatic heterocycles. The van der Waals surface area contributed by atoms with E-state index in [2.05, 4.69) is 4.90 Å². The average molecular weight is 263 g/mol. The van der Waals surface area contributed by atoms with Crippen LogP contribution >= 0.6 is 0 Å². The number of rotatable bonds is 3. The molecule has 4 nitrogen and oxygen atoms in total. The van der Waals surface area contributed by atoms with Crippen LogP contribution in [0.15, 0.2) is 24.3 Å². The van der Waals surface area contributed by atoms with Crippen LogP contribution in [0.4, 0.5) is 0 Å². The summed E-state index contributed by atoms with van der Waals surface area (Å²) in [4.78, 5) is 14.0. The topological polar surface area (TPSA) is 49.8 Å². The Bertz CT molecular complexity index is 443. The van der Waals surface area contributed by atoms with Crippen molar-refractivity contribution in [2.24, 2.45) is 0 Å². The highest BCUT2D eigenvalue weighted by molar-refractivity contribution is 5.81. The Morgan fingerprint density at radius 1 is 1.26 bits per heavy atom. The van der Waals surface area contributed by atoms with Gasteiger partial charge >= 0.3 is 5.97 Å². The maximum atomic E-state index is 11.8. The third kappa shape index (κ3) is 2.73. The van der Waals surface area contributed by atoms with Crippen LogP contribution in [0.1, 0.15) is 24.8 Å². The van der Waals surface area contributed by atoms with Crippen LogP contribution in [0.3, 0.4) is 0 Å². The molecule has 1 saturated heterocycles. The van der Waals surface area contributed by atoms with Gasteiger partial charge in [-0.25, -0.2) is 0 Å². The number of methoxy groups -OCH3 is 1. The minimum Gasteiger partial charge on any atom is -0.497 e. The summed E-state index contributed by atoms with van der Waals surface area (Å²) in [6.45, 7) is 1.78. The van der Waals surface area contributed by atoms with Gasteiger partial charge in [0.2, 0.25) is 0 Å². The average Bonchev–Trinajstić information content (AvgIpc) is 2.62. The molecule has 4 heteroatoms. The van der Waals surface area contributed by atoms with Crippen molar-refractivity contribution in [1.82, 2.24) is 4.90 Å². The van der Waals surface area contributed by atoms with Crippen LogP contribution in [-0.2, 0) is 10.2 Å². The van der Waals surface area contributed by atoms with Crippen LogP contribution < -0.4 is 4.74 Å². The molecule has 0 radical (unpaired) electrons. The largest absolute Gasteiger partial charge is 0.497 e. The zero-order valence-electron chi connectivity index (χ0n) is 11.6. The van der Waals surface area contributed by atoms with Crippen molar-refractivity contribution in [2.45, 2.75) is 24.7 Å². The van der Waals surface area contributed by atoms with E-state index in [0.717, 1.165) is 30.8 Å². The zero-order valence-corrected chi connectivity index (χ0v) is 11.6. The summed E-state index contributed by atoms with van der Waals surface area (Å²) in [5.41, 5.74) is 0.132. The SMILES string of the molecule is COc1ccc(C2(C(=O)O)CCCN(C)CC2)cc1. The van der Waals surface area contributed by atoms with E-state index in [9.17, 15) is 9.90 Å². The summed E-state index contributed by atoms with van der Waals surface area (Å²) in [5, 5.41) is 9.73. The molecule has 0 bridgehead atoms. The molecule has 1 aromatic rings. The van der Waals surface area contributed by atoms with Crippen molar-refractivity contribution in [2.75, 3.05) is 27.2 Å². The van der Waals surface area contributed by atoms with Gasteiger partial charge in [0.25, 0.3) is 0 Å². The molecular formula is C15H21NO3. The van der Waals surface area contributed by atoms with Crippen molar-refractivity contribution in [3.63, 3.8) is 0 Å². The second-order valence-electron chi connectivity index (χ2n) is 5.27. The van der Waals surface area contributed by atoms with Crippen LogP contribution in [0.25, 0.3) is 0 Å². The molecule has 0 saturated carbocycles. The molecule has 1 unspecified atom stereocenters. The Labute approximate surface area is 114 Å². The lowest BCUT2D eigenvalue weighted by atomic mass is 9.74. The fourth-order valence-corrected chi connectivity index (χ4v) is 2.81. The quantitative estimate of drug-likeness (QED) is 0.907. The number of hydrogen-bond acceptors (Lipinski definition) is 3. The minimum absolute atomic E-state index is 0.658. The highest BCUT2D eigenvalue weighted by Crippen LogP contribution is 2.36. The smallest absolute Gasteiger partial charge is 0.314 e. The summed E-state index contributed by atoms with van der Waals surface area (Å²) >= 11 is 0. The Morgan fingerprint density at radius 3 is 2.53 bits per heavy atom. The number of carboxylic acids is 1. The first-order valence-electron chi connectivity index (χ1n) is 6.65. The summed E-state index contributed by atoms with van der Waals surface area (Å²) in [5.74, 6) is 0.0444. The summed E-state index contributed by atoms with van der Waals surface area (Å²) in [6.07, 6.45) is 2.26. The Balaban J connectivity index is 2.34. The number of benzene rings is 1. The molecule has 1 aliphatic heterocycles. The molecule has 1 fully saturated rings. The maximum absolute atomic E-state index is 11.8. The molecule has 2 rings (SSSR count). The van der Waals surface area contributed by atoms with E-state index < -0.39 is 11.4 Å². The van der Waals surface area contributed by atoms with Gasteiger partial charge in [-0.05, 0) is 57.1 Å². The van der Waals surface area contributed by atoms with Gasteiger partial charge in [0.15, 0.2) is 0 Å². The fraction of sp³-hybridized carbons (Fsp3) is 0.533. The molecule has 1 N–H and O–H groups in total. The molecule has 104 valence electrons. The molecule has 1 aromatic carbocycles. The summed E-state index contributed by atoms with van der Waals surface area (Å²) in [6, 6.07) is 7.46. The first-order valence-corrected chi connectivity index (χ1v) is 6.65. The molecule has 19 heavy (non-hydrogen) atoms. The third-order valence-electron chi connectivity index (χ3n) is 4.12. The molecule has 1 heterocycles. The maximum Gasteiger partial charge on any atom is 0.314 e. The number of ether oxygens (including phenoxy) is 1. The predicted molar refractivity (Wildman–Crippen MR) is 73.7 cm³/mol. The van der Waals surface area contributed by atoms with E-state index in [1.54, 1.807) is 7.11 Å². The van der Waals surface area contributed by atoms with Gasteiger partial charge in [-0.3, -0.25) is 4.79 Å². The molecule has 0 amide bonds. The van der Waals surface area contributed by atoms with Crippen molar-refractivity contribution in [3.8, 4) is 5.75 Å². The second-order valence-corrected chi connectivity index (χ2v) is 5.27. The van der Waals surface area contributed by atoms with Crippen molar-refractivity contribution in [3.05, 3.63) is 29.8 Å². The lowest BCUT2D eigenvalue weighted by Gasteiger charge is -2.28. The lowest BCUT2D eigenvalue weighted by Crippen LogP contribution is -2.36. The zero-order chi connectivity index (χ0) is 13.9. The normalized spacial score (nSPS) is 24.7. The number of likely N-dealkylation sites (tertiary alicyclic amines) is 1. The third-order valence-corrected chi connectivity index (χ3v) is 4.12. The van der Waals surface area contributed by atoms with Gasteiger partial charge in [-0.1, -0.05) is 12.1 Å². The van der Waals surface area contributed by atoms with E-state index in [1.807, 2.05) is 31.3 Å². The van der Waals surface area contributed by atoms with Gasteiger partial charge in [0, 0.05) is 0 Å². The summed E-state index contributed by atoms with van der Waals surface area (Å²) in [7, 11) is 3.66. The van der Waals surface area contributed by atoms with Crippen molar-refractivity contribution < 1.29 is 14.6 Å². The van der Waals surface area contributed by atoms with E-state index in [-0.39, 0.29) is 0 Å². The molecule has 1 aliphatic rings.